The fourth-order valence-corrected chi connectivity index (χ4v) is 2.03. The summed E-state index contributed by atoms with van der Waals surface area (Å²) in [4.78, 5) is 2.30. The Bertz CT molecular complexity index is 340. The maximum atomic E-state index is 5.87. The molecule has 1 unspecified atom stereocenters. The monoisotopic (exact) mass is 230 g/mol. The van der Waals surface area contributed by atoms with Gasteiger partial charge in [0.15, 0.2) is 0 Å². The van der Waals surface area contributed by atoms with Gasteiger partial charge in [-0.3, -0.25) is 4.90 Å². The van der Waals surface area contributed by atoms with E-state index in [1.54, 1.807) is 0 Å². The van der Waals surface area contributed by atoms with Crippen LogP contribution in [0.5, 0.6) is 0 Å². The number of terminal acetylenes is 1. The Morgan fingerprint density at radius 2 is 2.06 bits per heavy atom. The Morgan fingerprint density at radius 3 is 2.59 bits per heavy atom. The summed E-state index contributed by atoms with van der Waals surface area (Å²) in [5.74, 6) is 3.09. The molecule has 2 nitrogen and oxygen atoms in total. The highest BCUT2D eigenvalue weighted by Crippen LogP contribution is 2.15. The number of nitrogens with two attached hydrogens (primary N) is 1. The summed E-state index contributed by atoms with van der Waals surface area (Å²) in [5.41, 5.74) is 7.17. The van der Waals surface area contributed by atoms with Crippen LogP contribution in [0.15, 0.2) is 30.3 Å². The Labute approximate surface area is 105 Å². The Hall–Kier alpha value is -1.30. The minimum atomic E-state index is 0.371. The molecule has 0 aliphatic heterocycles. The van der Waals surface area contributed by atoms with Crippen molar-refractivity contribution in [2.45, 2.75) is 19.3 Å². The van der Waals surface area contributed by atoms with E-state index >= 15 is 0 Å². The molecule has 0 saturated heterocycles. The number of rotatable bonds is 7. The molecule has 0 aromatic heterocycles. The van der Waals surface area contributed by atoms with Crippen molar-refractivity contribution in [2.24, 2.45) is 5.73 Å². The molecular formula is C15H22N2. The molecule has 1 aromatic rings. The van der Waals surface area contributed by atoms with E-state index in [-0.39, 0.29) is 0 Å². The lowest BCUT2D eigenvalue weighted by molar-refractivity contribution is 0.288. The molecule has 1 atom stereocenters. The van der Waals surface area contributed by atoms with Crippen molar-refractivity contribution in [3.05, 3.63) is 35.9 Å². The second kappa shape index (κ2) is 7.89. The van der Waals surface area contributed by atoms with E-state index in [2.05, 4.69) is 42.0 Å². The van der Waals surface area contributed by atoms with Gasteiger partial charge in [0.1, 0.15) is 0 Å². The number of hydrogen-bond donors (Lipinski definition) is 1. The highest BCUT2D eigenvalue weighted by atomic mass is 15.1. The average molecular weight is 230 g/mol. The minimum absolute atomic E-state index is 0.371. The molecule has 0 spiro atoms. The topological polar surface area (TPSA) is 29.3 Å². The molecule has 1 aromatic carbocycles. The third kappa shape index (κ3) is 4.60. The molecule has 17 heavy (non-hydrogen) atoms. The highest BCUT2D eigenvalue weighted by Gasteiger charge is 2.13. The van der Waals surface area contributed by atoms with Crippen LogP contribution in [0.4, 0.5) is 0 Å². The van der Waals surface area contributed by atoms with Crippen LogP contribution in [0.25, 0.3) is 0 Å². The average Bonchev–Trinajstić information content (AvgIpc) is 2.37. The van der Waals surface area contributed by atoms with Gasteiger partial charge < -0.3 is 5.73 Å². The van der Waals surface area contributed by atoms with Crippen molar-refractivity contribution in [2.75, 3.05) is 26.2 Å². The molecule has 0 amide bonds. The van der Waals surface area contributed by atoms with Crippen molar-refractivity contribution >= 4 is 0 Å². The maximum Gasteiger partial charge on any atom is 0.0599 e. The summed E-state index contributed by atoms with van der Waals surface area (Å²) in [6, 6.07) is 10.4. The summed E-state index contributed by atoms with van der Waals surface area (Å²) < 4.78 is 0. The molecule has 0 heterocycles. The van der Waals surface area contributed by atoms with Gasteiger partial charge in [0.2, 0.25) is 0 Å². The summed E-state index contributed by atoms with van der Waals surface area (Å²) in [5, 5.41) is 0. The zero-order valence-corrected chi connectivity index (χ0v) is 10.6. The SMILES string of the molecule is C#CCN(CCC)CC(CN)c1ccccc1. The van der Waals surface area contributed by atoms with Crippen molar-refractivity contribution in [3.63, 3.8) is 0 Å². The van der Waals surface area contributed by atoms with E-state index in [0.717, 1.165) is 19.5 Å². The normalized spacial score (nSPS) is 12.4. The molecule has 1 rings (SSSR count). The van der Waals surface area contributed by atoms with Crippen LogP contribution in [0.1, 0.15) is 24.8 Å². The third-order valence-corrected chi connectivity index (χ3v) is 2.89. The maximum absolute atomic E-state index is 5.87. The third-order valence-electron chi connectivity index (χ3n) is 2.89. The van der Waals surface area contributed by atoms with Crippen LogP contribution in [-0.2, 0) is 0 Å². The second-order valence-corrected chi connectivity index (χ2v) is 4.28. The molecule has 0 aliphatic rings. The molecule has 0 aliphatic carbocycles. The fraction of sp³-hybridized carbons (Fsp3) is 0.467. The van der Waals surface area contributed by atoms with E-state index in [9.17, 15) is 0 Å². The van der Waals surface area contributed by atoms with Gasteiger partial charge in [-0.2, -0.15) is 0 Å². The van der Waals surface area contributed by atoms with Crippen molar-refractivity contribution < 1.29 is 0 Å². The van der Waals surface area contributed by atoms with Crippen LogP contribution in [0, 0.1) is 12.3 Å². The fourth-order valence-electron chi connectivity index (χ4n) is 2.03. The molecule has 2 heteroatoms. The van der Waals surface area contributed by atoms with Crippen LogP contribution in [0.3, 0.4) is 0 Å². The number of hydrogen-bond acceptors (Lipinski definition) is 2. The Morgan fingerprint density at radius 1 is 1.35 bits per heavy atom. The summed E-state index contributed by atoms with van der Waals surface area (Å²) in [7, 11) is 0. The van der Waals surface area contributed by atoms with Crippen molar-refractivity contribution in [1.82, 2.24) is 4.90 Å². The van der Waals surface area contributed by atoms with E-state index in [4.69, 9.17) is 12.2 Å². The summed E-state index contributed by atoms with van der Waals surface area (Å²) in [6.45, 7) is 5.52. The van der Waals surface area contributed by atoms with Crippen LogP contribution in [-0.4, -0.2) is 31.1 Å². The summed E-state index contributed by atoms with van der Waals surface area (Å²) >= 11 is 0. The van der Waals surface area contributed by atoms with Crippen molar-refractivity contribution in [1.29, 1.82) is 0 Å². The first-order valence-electron chi connectivity index (χ1n) is 6.22. The highest BCUT2D eigenvalue weighted by molar-refractivity contribution is 5.20. The molecule has 0 radical (unpaired) electrons. The molecule has 0 fully saturated rings. The van der Waals surface area contributed by atoms with Gasteiger partial charge in [0, 0.05) is 19.0 Å². The molecule has 0 saturated carbocycles. The van der Waals surface area contributed by atoms with E-state index in [1.807, 2.05) is 6.07 Å². The minimum Gasteiger partial charge on any atom is -0.330 e. The van der Waals surface area contributed by atoms with Crippen molar-refractivity contribution in [3.8, 4) is 12.3 Å². The lowest BCUT2D eigenvalue weighted by Crippen LogP contribution is -2.32. The first-order valence-corrected chi connectivity index (χ1v) is 6.22. The molecule has 0 bridgehead atoms. The van der Waals surface area contributed by atoms with Gasteiger partial charge in [-0.25, -0.2) is 0 Å². The Kier molecular flexibility index (Phi) is 6.39. The van der Waals surface area contributed by atoms with Gasteiger partial charge in [0.05, 0.1) is 6.54 Å². The quantitative estimate of drug-likeness (QED) is 0.727. The van der Waals surface area contributed by atoms with E-state index in [1.165, 1.54) is 5.56 Å². The lowest BCUT2D eigenvalue weighted by Gasteiger charge is -2.25. The predicted octanol–water partition coefficient (Wildman–Crippen LogP) is 2.07. The molecule has 2 N–H and O–H groups in total. The standard InChI is InChI=1S/C15H22N2/c1-3-10-17(11-4-2)13-15(12-16)14-8-6-5-7-9-14/h1,5-9,15H,4,10-13,16H2,2H3. The van der Waals surface area contributed by atoms with E-state index < -0.39 is 0 Å². The smallest absolute Gasteiger partial charge is 0.0599 e. The van der Waals surface area contributed by atoms with Gasteiger partial charge in [0.25, 0.3) is 0 Å². The first-order chi connectivity index (χ1) is 8.31. The Balaban J connectivity index is 2.65. The van der Waals surface area contributed by atoms with Gasteiger partial charge in [-0.15, -0.1) is 6.42 Å². The van der Waals surface area contributed by atoms with Gasteiger partial charge in [-0.1, -0.05) is 43.2 Å². The number of nitrogens with zero attached hydrogens (tertiary/aromatic N) is 1. The van der Waals surface area contributed by atoms with Crippen LogP contribution < -0.4 is 5.73 Å². The number of benzene rings is 1. The van der Waals surface area contributed by atoms with Crippen LogP contribution in [0.2, 0.25) is 0 Å². The van der Waals surface area contributed by atoms with E-state index in [0.29, 0.717) is 19.0 Å². The van der Waals surface area contributed by atoms with Crippen LogP contribution >= 0.6 is 0 Å². The lowest BCUT2D eigenvalue weighted by atomic mass is 9.98. The second-order valence-electron chi connectivity index (χ2n) is 4.28. The van der Waals surface area contributed by atoms with Gasteiger partial charge in [-0.05, 0) is 18.5 Å². The predicted molar refractivity (Wildman–Crippen MR) is 73.8 cm³/mol. The summed E-state index contributed by atoms with van der Waals surface area (Å²) in [6.07, 6.45) is 6.51. The molecular weight excluding hydrogens is 208 g/mol. The zero-order valence-electron chi connectivity index (χ0n) is 10.6. The molecule has 92 valence electrons. The zero-order chi connectivity index (χ0) is 12.5. The first kappa shape index (κ1) is 13.8. The van der Waals surface area contributed by atoms with Gasteiger partial charge >= 0.3 is 0 Å². The largest absolute Gasteiger partial charge is 0.330 e.